The molecule has 9 aliphatic heterocycles. The Morgan fingerprint density at radius 2 is 0.879 bits per heavy atom. The predicted octanol–water partition coefficient (Wildman–Crippen LogP) is -9.03. The third-order valence-corrected chi connectivity index (χ3v) is 30.3. The maximum absolute atomic E-state index is 16.2. The van der Waals surface area contributed by atoms with Crippen molar-refractivity contribution in [1.29, 1.82) is 0 Å². The number of aliphatic hydroxyl groups is 22. The molecule has 0 amide bonds. The minimum absolute atomic E-state index is 0.0935. The number of ether oxygens (including phenoxy) is 18. The number of aldehydes is 1. The van der Waals surface area contributed by atoms with Gasteiger partial charge in [0.15, 0.2) is 62.5 Å². The minimum atomic E-state index is -2.31. The Balaban J connectivity index is 0.710. The second-order valence-electron chi connectivity index (χ2n) is 38.2. The first-order valence-corrected chi connectivity index (χ1v) is 42.8. The van der Waals surface area contributed by atoms with Crippen molar-refractivity contribution in [2.75, 3.05) is 39.6 Å². The molecule has 9 saturated heterocycles. The van der Waals surface area contributed by atoms with E-state index in [1.165, 1.54) is 13.8 Å². The van der Waals surface area contributed by atoms with E-state index in [-0.39, 0.29) is 24.2 Å². The number of allylic oxidation sites excluding steroid dienone is 2. The van der Waals surface area contributed by atoms with Crippen LogP contribution in [0.15, 0.2) is 11.6 Å². The van der Waals surface area contributed by atoms with E-state index in [4.69, 9.17) is 85.3 Å². The number of hydrogen-bond acceptors (Lipinski definition) is 43. The van der Waals surface area contributed by atoms with Crippen molar-refractivity contribution in [3.05, 3.63) is 11.6 Å². The van der Waals surface area contributed by atoms with Gasteiger partial charge in [-0.15, -0.1) is 0 Å². The molecule has 0 radical (unpaired) electrons. The molecule has 4 unspecified atom stereocenters. The highest BCUT2D eigenvalue weighted by atomic mass is 16.8. The molecule has 4 saturated carbocycles. The molecule has 44 nitrogen and oxygen atoms in total. The van der Waals surface area contributed by atoms with Crippen molar-refractivity contribution in [2.45, 2.75) is 378 Å². The normalized spacial score (nSPS) is 54.8. The van der Waals surface area contributed by atoms with Crippen molar-refractivity contribution >= 4 is 18.2 Å². The van der Waals surface area contributed by atoms with Gasteiger partial charge in [-0.25, -0.2) is 4.79 Å². The Hall–Kier alpha value is -3.21. The number of aliphatic carboxylic acids is 1. The summed E-state index contributed by atoms with van der Waals surface area (Å²) in [5.41, 5.74) is -4.02. The van der Waals surface area contributed by atoms with Crippen LogP contribution >= 0.6 is 0 Å². The van der Waals surface area contributed by atoms with E-state index in [2.05, 4.69) is 40.7 Å². The smallest absolute Gasteiger partial charge is 0.335 e. The highest BCUT2D eigenvalue weighted by Crippen LogP contribution is 2.76. The van der Waals surface area contributed by atoms with Crippen LogP contribution in [0.1, 0.15) is 120 Å². The number of carbonyl (C=O) groups excluding carboxylic acids is 2. The fraction of sp³-hybridized carbons (Fsp3) is 0.938. The summed E-state index contributed by atoms with van der Waals surface area (Å²) < 4.78 is 108. The zero-order chi connectivity index (χ0) is 90.2. The summed E-state index contributed by atoms with van der Waals surface area (Å²) in [6.45, 7) is 11.1. The molecule has 44 heteroatoms. The first-order valence-electron chi connectivity index (χ1n) is 42.8. The van der Waals surface area contributed by atoms with Gasteiger partial charge in [0.25, 0.3) is 0 Å². The first-order chi connectivity index (χ1) is 58.3. The van der Waals surface area contributed by atoms with Crippen molar-refractivity contribution in [3.63, 3.8) is 0 Å². The topological polar surface area (TPSA) is 683 Å². The van der Waals surface area contributed by atoms with Crippen LogP contribution < -0.4 is 0 Å². The van der Waals surface area contributed by atoms with E-state index in [0.29, 0.717) is 51.4 Å². The molecule has 23 N–H and O–H groups in total. The second kappa shape index (κ2) is 37.3. The predicted molar refractivity (Wildman–Crippen MR) is 400 cm³/mol. The van der Waals surface area contributed by atoms with Gasteiger partial charge >= 0.3 is 11.9 Å². The molecule has 14 aliphatic rings. The van der Waals surface area contributed by atoms with Gasteiger partial charge in [0.2, 0.25) is 6.29 Å². The van der Waals surface area contributed by atoms with Crippen molar-refractivity contribution in [1.82, 2.24) is 0 Å². The maximum Gasteiger partial charge on any atom is 0.335 e. The van der Waals surface area contributed by atoms with Crippen LogP contribution in [0.4, 0.5) is 0 Å². The van der Waals surface area contributed by atoms with E-state index in [9.17, 15) is 127 Å². The Kier molecular flexibility index (Phi) is 29.2. The van der Waals surface area contributed by atoms with Crippen LogP contribution in [-0.2, 0) is 99.6 Å². The number of fused-ring (bicyclic) bond motifs is 7. The Bertz CT molecular complexity index is 3660. The van der Waals surface area contributed by atoms with E-state index in [0.717, 1.165) is 11.9 Å². The summed E-state index contributed by atoms with van der Waals surface area (Å²) in [6, 6.07) is 0. The van der Waals surface area contributed by atoms with Gasteiger partial charge in [-0.3, -0.25) is 4.79 Å². The molecule has 0 aromatic carbocycles. The molecular formula is C80H126O44. The zero-order valence-electron chi connectivity index (χ0n) is 69.8. The molecule has 5 aliphatic carbocycles. The highest BCUT2D eigenvalue weighted by Gasteiger charge is 2.72. The van der Waals surface area contributed by atoms with Crippen LogP contribution in [-0.4, -0.2) is 433 Å². The summed E-state index contributed by atoms with van der Waals surface area (Å²) in [5.74, 6) is -3.74. The number of carboxylic acids is 1. The maximum atomic E-state index is 16.2. The SMILES string of the molecule is C[C@@H]1O[C@@H](O[C@H]2[C@H](O)[C@@H](O[C@H]3OC[C@@H](O)[C@H](O[C@H]4OC[C@@H](O)[C@H](O)[C@H]4O)[C@H]3O)[C@@H](OC(=O)[C@]34CCC(C)(C)CC3C3=CCC5[C@@]6(C)CCC(O[C@@H]7O[C@H](C(=O)O)[C@@H](O[C@@H]8O[C@H](CO)[C@@H](O[C@@H]9O[C@H](CO)[C@H](O)[C@H](O)[C@H]9O)[C@H](O)[C@H]8O)[C@H](O[C@@H]8OC[C@H](O)[C@H](O)[C@H]8O)[C@H]7O)[C@@](C)(C=O)C6CC[C@@]5(C)[C@]3(C)CC4)O[C@H]2C)[C@@H](O)[C@H](O[C@H]2OC[C@@H](O)[C@H](O)[C@H]2O)[C@H]1O. The second-order valence-corrected chi connectivity index (χ2v) is 38.2. The molecule has 0 aromatic heterocycles. The first kappa shape index (κ1) is 96.8. The lowest BCUT2D eigenvalue weighted by Gasteiger charge is -2.71. The summed E-state index contributed by atoms with van der Waals surface area (Å²) in [4.78, 5) is 44.2. The molecule has 124 heavy (non-hydrogen) atoms. The molecule has 710 valence electrons. The summed E-state index contributed by atoms with van der Waals surface area (Å²) in [6.07, 6.45) is -70.5. The third-order valence-electron chi connectivity index (χ3n) is 30.3. The molecule has 0 aromatic rings. The van der Waals surface area contributed by atoms with E-state index in [1.807, 2.05) is 0 Å². The number of aliphatic hydroxyl groups excluding tert-OH is 22. The van der Waals surface area contributed by atoms with Crippen molar-refractivity contribution in [3.8, 4) is 0 Å². The number of hydrogen-bond donors (Lipinski definition) is 23. The van der Waals surface area contributed by atoms with Crippen LogP contribution in [0, 0.1) is 50.2 Å². The summed E-state index contributed by atoms with van der Waals surface area (Å²) in [5, 5.41) is 254. The Morgan fingerprint density at radius 1 is 0.411 bits per heavy atom. The van der Waals surface area contributed by atoms with Crippen molar-refractivity contribution < 1.29 is 217 Å². The lowest BCUT2D eigenvalue weighted by Crippen LogP contribution is -2.69. The number of carbonyl (C=O) groups is 3. The van der Waals surface area contributed by atoms with Gasteiger partial charge in [0.1, 0.15) is 177 Å². The van der Waals surface area contributed by atoms with Gasteiger partial charge in [0.05, 0.1) is 68.8 Å². The summed E-state index contributed by atoms with van der Waals surface area (Å²) >= 11 is 0. The molecule has 0 bridgehead atoms. The Morgan fingerprint density at radius 3 is 1.46 bits per heavy atom. The quantitative estimate of drug-likeness (QED) is 0.0207. The highest BCUT2D eigenvalue weighted by molar-refractivity contribution is 5.79. The van der Waals surface area contributed by atoms with Gasteiger partial charge in [-0.05, 0) is 117 Å². The molecule has 50 atom stereocenters. The lowest BCUT2D eigenvalue weighted by molar-refractivity contribution is -0.392. The van der Waals surface area contributed by atoms with Gasteiger partial charge < -0.3 is 208 Å². The molecular weight excluding hydrogens is 1660 g/mol. The van der Waals surface area contributed by atoms with Crippen LogP contribution in [0.3, 0.4) is 0 Å². The zero-order valence-corrected chi connectivity index (χ0v) is 69.8. The van der Waals surface area contributed by atoms with Crippen molar-refractivity contribution in [2.24, 2.45) is 50.2 Å². The van der Waals surface area contributed by atoms with E-state index < -0.39 is 349 Å². The van der Waals surface area contributed by atoms with Crippen LogP contribution in [0.2, 0.25) is 0 Å². The third kappa shape index (κ3) is 17.3. The number of rotatable bonds is 22. The molecule has 13 fully saturated rings. The fourth-order valence-corrected chi connectivity index (χ4v) is 22.6. The average molecular weight is 1790 g/mol. The summed E-state index contributed by atoms with van der Waals surface area (Å²) in [7, 11) is 0. The van der Waals surface area contributed by atoms with Gasteiger partial charge in [0, 0.05) is 0 Å². The minimum Gasteiger partial charge on any atom is -0.479 e. The number of esters is 1. The average Bonchev–Trinajstić information content (AvgIpc) is 0.672. The molecule has 0 spiro atoms. The van der Waals surface area contributed by atoms with E-state index >= 15 is 4.79 Å². The van der Waals surface area contributed by atoms with Crippen LogP contribution in [0.5, 0.6) is 0 Å². The number of carboxylic acid groups (broad SMARTS) is 1. The van der Waals surface area contributed by atoms with E-state index in [1.54, 1.807) is 6.92 Å². The fourth-order valence-electron chi connectivity index (χ4n) is 22.6. The monoisotopic (exact) mass is 1790 g/mol. The lowest BCUT2D eigenvalue weighted by atomic mass is 9.33. The van der Waals surface area contributed by atoms with Gasteiger partial charge in [-0.2, -0.15) is 0 Å². The largest absolute Gasteiger partial charge is 0.479 e. The standard InChI is InChI=1S/C80H126O44/c1-27-40(88)59(119-66-48(96)42(90)32(85)23-108-66)54(102)71(111-27)116-56-28(2)112-73(61(52(56)100)121-68-53(101)57(34(87)25-110-68)117-65-47(95)41(89)31(84)22-107-65)124-74(106)80-17-15-75(3,4)19-30(80)29-9-10-38-76(5)13-12-39(77(6,26-83)37(76)11-14-79(38,8)78(29,7)16-18-80)115-72-55(103)60(120-67-49(97)43(91)33(86)24-109-67)62(63(123-72)64(104)105)122-70-51(99)46(94)58(36(21-82)114-70)118-69-50(98)45(93)44(92)35(20-81)113-69/h9,26-28,30-63,65-73,81-82,84-103H,10-25H2,1-8H3,(H,104,105)/t27-,28-,30?,31+,32+,33-,34+,35+,36+,37?,38?,39?,40-,41-,42-,43-,44-,45-,46+,47+,48+,49+,50+,51+,52-,53+,54-,55+,56+,57-,58+,59+,60+,61+,62-,63-,65+,66+,67-,68+,69-,70-,71-,72+,73+,76-,77-,78+,79+,80-/m0/s1. The molecule has 14 rings (SSSR count). The molecule has 9 heterocycles. The van der Waals surface area contributed by atoms with Crippen LogP contribution in [0.25, 0.3) is 0 Å². The Labute approximate surface area is 712 Å². The van der Waals surface area contributed by atoms with Gasteiger partial charge in [-0.1, -0.05) is 53.2 Å².